The van der Waals surface area contributed by atoms with Gasteiger partial charge in [0.05, 0.1) is 12.1 Å². The Morgan fingerprint density at radius 3 is 2.67 bits per heavy atom. The Hall–Kier alpha value is -1.58. The van der Waals surface area contributed by atoms with Crippen LogP contribution < -0.4 is 10.1 Å². The molecule has 0 spiro atoms. The molecule has 1 heterocycles. The Morgan fingerprint density at radius 1 is 1.19 bits per heavy atom. The van der Waals surface area contributed by atoms with Gasteiger partial charge in [-0.3, -0.25) is 4.98 Å². The highest BCUT2D eigenvalue weighted by Gasteiger charge is 2.14. The number of benzene rings is 1. The summed E-state index contributed by atoms with van der Waals surface area (Å²) in [5, 5.41) is 4.25. The van der Waals surface area contributed by atoms with Crippen molar-refractivity contribution in [3.63, 3.8) is 0 Å². The van der Waals surface area contributed by atoms with Crippen molar-refractivity contribution < 1.29 is 4.74 Å². The molecular formula is C17H21ClN2O. The van der Waals surface area contributed by atoms with Crippen LogP contribution in [0.3, 0.4) is 0 Å². The number of rotatable bonds is 7. The lowest BCUT2D eigenvalue weighted by atomic mass is 9.99. The van der Waals surface area contributed by atoms with E-state index in [4.69, 9.17) is 16.3 Å². The minimum absolute atomic E-state index is 0.311. The lowest BCUT2D eigenvalue weighted by Gasteiger charge is -2.20. The summed E-state index contributed by atoms with van der Waals surface area (Å²) in [6.07, 6.45) is 5.25. The molecule has 1 aromatic heterocycles. The topological polar surface area (TPSA) is 34.2 Å². The molecule has 1 unspecified atom stereocenters. The highest BCUT2D eigenvalue weighted by atomic mass is 35.5. The summed E-state index contributed by atoms with van der Waals surface area (Å²) < 4.78 is 5.43. The molecule has 0 bridgehead atoms. The maximum Gasteiger partial charge on any atom is 0.122 e. The highest BCUT2D eigenvalue weighted by molar-refractivity contribution is 6.31. The van der Waals surface area contributed by atoms with Gasteiger partial charge in [-0.05, 0) is 42.6 Å². The zero-order valence-corrected chi connectivity index (χ0v) is 13.2. The molecule has 2 rings (SSSR count). The monoisotopic (exact) mass is 304 g/mol. The van der Waals surface area contributed by atoms with Crippen LogP contribution in [0.2, 0.25) is 5.02 Å². The second kappa shape index (κ2) is 8.01. The van der Waals surface area contributed by atoms with Gasteiger partial charge in [-0.2, -0.15) is 0 Å². The van der Waals surface area contributed by atoms with Gasteiger partial charge < -0.3 is 10.1 Å². The van der Waals surface area contributed by atoms with Gasteiger partial charge in [0.1, 0.15) is 5.75 Å². The summed E-state index contributed by atoms with van der Waals surface area (Å²) in [7, 11) is 1.71. The van der Waals surface area contributed by atoms with Crippen molar-refractivity contribution in [1.82, 2.24) is 10.3 Å². The van der Waals surface area contributed by atoms with Crippen LogP contribution in [0.5, 0.6) is 5.75 Å². The van der Waals surface area contributed by atoms with Crippen molar-refractivity contribution in [3.05, 3.63) is 58.9 Å². The van der Waals surface area contributed by atoms with Crippen LogP contribution in [-0.4, -0.2) is 24.7 Å². The predicted molar refractivity (Wildman–Crippen MR) is 87.1 cm³/mol. The molecule has 0 aliphatic carbocycles. The maximum absolute atomic E-state index is 6.22. The number of halogens is 1. The first-order valence-corrected chi connectivity index (χ1v) is 7.56. The number of methoxy groups -OCH3 is 1. The van der Waals surface area contributed by atoms with Crippen molar-refractivity contribution in [2.75, 3.05) is 13.7 Å². The first-order chi connectivity index (χ1) is 10.2. The summed E-state index contributed by atoms with van der Waals surface area (Å²) in [4.78, 5) is 4.04. The SMILES string of the molecule is CCNC(Cc1ccncc1Cl)Cc1ccccc1OC. The Morgan fingerprint density at radius 2 is 1.95 bits per heavy atom. The van der Waals surface area contributed by atoms with E-state index in [2.05, 4.69) is 23.3 Å². The molecule has 0 fully saturated rings. The number of nitrogens with zero attached hydrogens (tertiary/aromatic N) is 1. The van der Waals surface area contributed by atoms with Gasteiger partial charge in [0.15, 0.2) is 0 Å². The quantitative estimate of drug-likeness (QED) is 0.850. The van der Waals surface area contributed by atoms with E-state index in [-0.39, 0.29) is 0 Å². The second-order valence-corrected chi connectivity index (χ2v) is 5.35. The number of pyridine rings is 1. The number of hydrogen-bond donors (Lipinski definition) is 1. The summed E-state index contributed by atoms with van der Waals surface area (Å²) in [6, 6.07) is 10.4. The molecule has 4 heteroatoms. The average molecular weight is 305 g/mol. The first-order valence-electron chi connectivity index (χ1n) is 7.18. The number of ether oxygens (including phenoxy) is 1. The van der Waals surface area contributed by atoms with Gasteiger partial charge in [0.25, 0.3) is 0 Å². The van der Waals surface area contributed by atoms with Crippen molar-refractivity contribution in [2.24, 2.45) is 0 Å². The molecule has 2 aromatic rings. The van der Waals surface area contributed by atoms with Crippen LogP contribution in [0.15, 0.2) is 42.7 Å². The molecule has 0 aliphatic rings. The second-order valence-electron chi connectivity index (χ2n) is 4.94. The third-order valence-electron chi connectivity index (χ3n) is 3.47. The molecule has 0 amide bonds. The molecule has 0 saturated heterocycles. The average Bonchev–Trinajstić information content (AvgIpc) is 2.50. The van der Waals surface area contributed by atoms with Gasteiger partial charge in [0, 0.05) is 18.4 Å². The van der Waals surface area contributed by atoms with E-state index < -0.39 is 0 Å². The molecule has 0 radical (unpaired) electrons. The summed E-state index contributed by atoms with van der Waals surface area (Å²) in [5.74, 6) is 0.932. The highest BCUT2D eigenvalue weighted by Crippen LogP contribution is 2.21. The van der Waals surface area contributed by atoms with E-state index in [0.29, 0.717) is 6.04 Å². The predicted octanol–water partition coefficient (Wildman–Crippen LogP) is 3.51. The Bertz CT molecular complexity index is 574. The number of nitrogens with one attached hydrogen (secondary N) is 1. The van der Waals surface area contributed by atoms with E-state index in [1.807, 2.05) is 24.3 Å². The molecule has 3 nitrogen and oxygen atoms in total. The zero-order valence-electron chi connectivity index (χ0n) is 12.5. The van der Waals surface area contributed by atoms with E-state index in [1.54, 1.807) is 19.5 Å². The summed E-state index contributed by atoms with van der Waals surface area (Å²) >= 11 is 6.22. The van der Waals surface area contributed by atoms with Crippen molar-refractivity contribution in [3.8, 4) is 5.75 Å². The van der Waals surface area contributed by atoms with Crippen LogP contribution in [-0.2, 0) is 12.8 Å². The number of aromatic nitrogens is 1. The fourth-order valence-electron chi connectivity index (χ4n) is 2.48. The summed E-state index contributed by atoms with van der Waals surface area (Å²) in [5.41, 5.74) is 2.32. The van der Waals surface area contributed by atoms with Crippen LogP contribution in [0.1, 0.15) is 18.1 Å². The van der Waals surface area contributed by atoms with Crippen LogP contribution in [0, 0.1) is 0 Å². The standard InChI is InChI=1S/C17H21ClN2O/c1-3-20-15(10-13-8-9-19-12-16(13)18)11-14-6-4-5-7-17(14)21-2/h4-9,12,15,20H,3,10-11H2,1-2H3. The molecule has 0 saturated carbocycles. The van der Waals surface area contributed by atoms with Crippen molar-refractivity contribution in [1.29, 1.82) is 0 Å². The largest absolute Gasteiger partial charge is 0.496 e. The van der Waals surface area contributed by atoms with E-state index in [9.17, 15) is 0 Å². The summed E-state index contributed by atoms with van der Waals surface area (Å²) in [6.45, 7) is 3.03. The molecule has 21 heavy (non-hydrogen) atoms. The fourth-order valence-corrected chi connectivity index (χ4v) is 2.67. The van der Waals surface area contributed by atoms with Gasteiger partial charge in [-0.25, -0.2) is 0 Å². The van der Waals surface area contributed by atoms with E-state index in [0.717, 1.165) is 35.7 Å². The van der Waals surface area contributed by atoms with Crippen molar-refractivity contribution in [2.45, 2.75) is 25.8 Å². The third-order valence-corrected chi connectivity index (χ3v) is 3.81. The van der Waals surface area contributed by atoms with Crippen molar-refractivity contribution >= 4 is 11.6 Å². The molecule has 112 valence electrons. The zero-order chi connectivity index (χ0) is 15.1. The molecule has 1 aromatic carbocycles. The Labute approximate surface area is 131 Å². The Balaban J connectivity index is 2.14. The van der Waals surface area contributed by atoms with E-state index in [1.165, 1.54) is 5.56 Å². The maximum atomic E-state index is 6.22. The van der Waals surface area contributed by atoms with Gasteiger partial charge in [-0.1, -0.05) is 36.7 Å². The van der Waals surface area contributed by atoms with Crippen LogP contribution >= 0.6 is 11.6 Å². The fraction of sp³-hybridized carbons (Fsp3) is 0.353. The van der Waals surface area contributed by atoms with Gasteiger partial charge in [-0.15, -0.1) is 0 Å². The third kappa shape index (κ3) is 4.45. The molecule has 1 atom stereocenters. The van der Waals surface area contributed by atoms with Crippen LogP contribution in [0.4, 0.5) is 0 Å². The number of likely N-dealkylation sites (N-methyl/N-ethyl adjacent to an activating group) is 1. The van der Waals surface area contributed by atoms with E-state index >= 15 is 0 Å². The smallest absolute Gasteiger partial charge is 0.122 e. The van der Waals surface area contributed by atoms with Gasteiger partial charge in [0.2, 0.25) is 0 Å². The Kier molecular flexibility index (Phi) is 6.03. The number of para-hydroxylation sites is 1. The lowest BCUT2D eigenvalue weighted by Crippen LogP contribution is -2.33. The normalized spacial score (nSPS) is 12.1. The first kappa shape index (κ1) is 15.8. The molecular weight excluding hydrogens is 284 g/mol. The van der Waals surface area contributed by atoms with Crippen LogP contribution in [0.25, 0.3) is 0 Å². The molecule has 0 aliphatic heterocycles. The lowest BCUT2D eigenvalue weighted by molar-refractivity contribution is 0.404. The minimum Gasteiger partial charge on any atom is -0.496 e. The van der Waals surface area contributed by atoms with Gasteiger partial charge >= 0.3 is 0 Å². The number of hydrogen-bond acceptors (Lipinski definition) is 3. The molecule has 1 N–H and O–H groups in total. The minimum atomic E-state index is 0.311.